The zero-order chi connectivity index (χ0) is 15.8. The highest BCUT2D eigenvalue weighted by atomic mass is 32.2. The van der Waals surface area contributed by atoms with Crippen LogP contribution >= 0.6 is 11.8 Å². The number of alkyl halides is 3. The van der Waals surface area contributed by atoms with Gasteiger partial charge in [0.25, 0.3) is 0 Å². The molecule has 0 saturated carbocycles. The van der Waals surface area contributed by atoms with Crippen LogP contribution in [0.4, 0.5) is 22.0 Å². The summed E-state index contributed by atoms with van der Waals surface area (Å²) < 4.78 is 66.8. The van der Waals surface area contributed by atoms with Crippen LogP contribution in [0.3, 0.4) is 0 Å². The fraction of sp³-hybridized carbons (Fsp3) is 0.462. The second-order valence-corrected chi connectivity index (χ2v) is 6.37. The highest BCUT2D eigenvalue weighted by Crippen LogP contribution is 2.47. The monoisotopic (exact) mass is 325 g/mol. The van der Waals surface area contributed by atoms with E-state index in [2.05, 4.69) is 5.16 Å². The molecule has 2 rings (SSSR count). The van der Waals surface area contributed by atoms with Crippen LogP contribution in [0.15, 0.2) is 23.4 Å². The molecule has 1 aliphatic rings. The smallest absolute Gasteiger partial charge is 0.389 e. The van der Waals surface area contributed by atoms with E-state index in [1.807, 2.05) is 0 Å². The maximum atomic E-state index is 13.6. The van der Waals surface area contributed by atoms with Crippen LogP contribution in [0.5, 0.6) is 0 Å². The summed E-state index contributed by atoms with van der Waals surface area (Å²) in [6, 6.07) is 2.62. The Kier molecular flexibility index (Phi) is 4.19. The normalized spacial score (nSPS) is 19.1. The van der Waals surface area contributed by atoms with Crippen molar-refractivity contribution in [3.63, 3.8) is 0 Å². The van der Waals surface area contributed by atoms with Crippen LogP contribution in [0, 0.1) is 11.6 Å². The molecule has 0 spiro atoms. The average molecular weight is 325 g/mol. The fourth-order valence-electron chi connectivity index (χ4n) is 1.85. The lowest BCUT2D eigenvalue weighted by molar-refractivity contribution is -0.130. The fourth-order valence-corrected chi connectivity index (χ4v) is 3.11. The summed E-state index contributed by atoms with van der Waals surface area (Å²) in [6.07, 6.45) is -4.66. The summed E-state index contributed by atoms with van der Waals surface area (Å²) >= 11 is 0.263. The van der Waals surface area contributed by atoms with Gasteiger partial charge in [0, 0.05) is 12.0 Å². The third-order valence-electron chi connectivity index (χ3n) is 2.78. The predicted octanol–water partition coefficient (Wildman–Crippen LogP) is 4.81. The third-order valence-corrected chi connectivity index (χ3v) is 4.01. The van der Waals surface area contributed by atoms with E-state index < -0.39 is 34.2 Å². The minimum absolute atomic E-state index is 0.0602. The lowest BCUT2D eigenvalue weighted by Crippen LogP contribution is -2.23. The third kappa shape index (κ3) is 3.66. The molecule has 1 atom stereocenters. The van der Waals surface area contributed by atoms with Crippen molar-refractivity contribution in [3.8, 4) is 0 Å². The number of hydrogen-bond acceptors (Lipinski definition) is 3. The molecule has 2 nitrogen and oxygen atoms in total. The van der Waals surface area contributed by atoms with Crippen LogP contribution in [0.25, 0.3) is 0 Å². The zero-order valence-electron chi connectivity index (χ0n) is 11.2. The van der Waals surface area contributed by atoms with E-state index in [1.165, 1.54) is 0 Å². The molecule has 1 unspecified atom stereocenters. The van der Waals surface area contributed by atoms with E-state index in [1.54, 1.807) is 13.8 Å². The van der Waals surface area contributed by atoms with Crippen LogP contribution in [-0.4, -0.2) is 16.8 Å². The van der Waals surface area contributed by atoms with E-state index in [0.29, 0.717) is 0 Å². The molecular formula is C13H12F5NOS. The maximum absolute atomic E-state index is 13.6. The molecular weight excluding hydrogens is 313 g/mol. The van der Waals surface area contributed by atoms with Gasteiger partial charge in [0.15, 0.2) is 0 Å². The topological polar surface area (TPSA) is 21.6 Å². The first-order valence-electron chi connectivity index (χ1n) is 6.02. The lowest BCUT2D eigenvalue weighted by atomic mass is 10.1. The SMILES string of the molecule is CC1(C)CC(SC(c2c(F)cccc2F)C(F)(F)F)=NO1. The molecule has 0 saturated heterocycles. The maximum Gasteiger partial charge on any atom is 0.405 e. The Bertz CT molecular complexity index is 550. The quantitative estimate of drug-likeness (QED) is 0.728. The molecule has 0 radical (unpaired) electrons. The van der Waals surface area contributed by atoms with Gasteiger partial charge in [0.05, 0.1) is 0 Å². The summed E-state index contributed by atoms with van der Waals surface area (Å²) in [5.41, 5.74) is -1.73. The minimum Gasteiger partial charge on any atom is -0.389 e. The first-order valence-corrected chi connectivity index (χ1v) is 6.90. The molecule has 116 valence electrons. The van der Waals surface area contributed by atoms with Crippen molar-refractivity contribution in [1.82, 2.24) is 0 Å². The largest absolute Gasteiger partial charge is 0.405 e. The van der Waals surface area contributed by atoms with Gasteiger partial charge in [0.2, 0.25) is 0 Å². The molecule has 0 amide bonds. The van der Waals surface area contributed by atoms with Crippen molar-refractivity contribution in [2.75, 3.05) is 0 Å². The molecule has 8 heteroatoms. The molecule has 1 aliphatic heterocycles. The summed E-state index contributed by atoms with van der Waals surface area (Å²) in [5, 5.41) is 1.26. The van der Waals surface area contributed by atoms with Crippen molar-refractivity contribution in [2.24, 2.45) is 5.16 Å². The highest BCUT2D eigenvalue weighted by Gasteiger charge is 2.46. The number of oxime groups is 1. The van der Waals surface area contributed by atoms with Crippen molar-refractivity contribution >= 4 is 16.8 Å². The van der Waals surface area contributed by atoms with Gasteiger partial charge in [-0.3, -0.25) is 0 Å². The van der Waals surface area contributed by atoms with Crippen molar-refractivity contribution in [3.05, 3.63) is 35.4 Å². The molecule has 0 fully saturated rings. The summed E-state index contributed by atoms with van der Waals surface area (Å²) in [7, 11) is 0. The Hall–Kier alpha value is -1.31. The Morgan fingerprint density at radius 1 is 1.24 bits per heavy atom. The molecule has 1 aromatic rings. The Morgan fingerprint density at radius 2 is 1.81 bits per heavy atom. The minimum atomic E-state index is -4.82. The zero-order valence-corrected chi connectivity index (χ0v) is 12.0. The van der Waals surface area contributed by atoms with E-state index in [4.69, 9.17) is 4.84 Å². The second kappa shape index (κ2) is 5.47. The molecule has 0 bridgehead atoms. The summed E-state index contributed by atoms with van der Waals surface area (Å²) in [4.78, 5) is 4.98. The highest BCUT2D eigenvalue weighted by molar-refractivity contribution is 8.14. The Morgan fingerprint density at radius 3 is 2.24 bits per heavy atom. The van der Waals surface area contributed by atoms with E-state index in [-0.39, 0.29) is 23.2 Å². The van der Waals surface area contributed by atoms with Crippen molar-refractivity contribution in [2.45, 2.75) is 37.3 Å². The second-order valence-electron chi connectivity index (χ2n) is 5.19. The number of benzene rings is 1. The molecule has 0 N–H and O–H groups in total. The first-order chi connectivity index (χ1) is 9.60. The van der Waals surface area contributed by atoms with Gasteiger partial charge in [-0.1, -0.05) is 23.0 Å². The van der Waals surface area contributed by atoms with Crippen molar-refractivity contribution in [1.29, 1.82) is 0 Å². The van der Waals surface area contributed by atoms with Gasteiger partial charge in [-0.05, 0) is 26.0 Å². The number of rotatable bonds is 2. The van der Waals surface area contributed by atoms with Crippen LogP contribution < -0.4 is 0 Å². The van der Waals surface area contributed by atoms with E-state index in [0.717, 1.165) is 18.2 Å². The van der Waals surface area contributed by atoms with Gasteiger partial charge >= 0.3 is 6.18 Å². The first kappa shape index (κ1) is 16.1. The standard InChI is InChI=1S/C13H12F5NOS/c1-12(2)6-9(19-20-12)21-11(13(16,17)18)10-7(14)4-3-5-8(10)15/h3-5,11H,6H2,1-2H3. The van der Waals surface area contributed by atoms with Gasteiger partial charge in [-0.15, -0.1) is 0 Å². The van der Waals surface area contributed by atoms with Gasteiger partial charge in [-0.2, -0.15) is 13.2 Å². The van der Waals surface area contributed by atoms with Gasteiger partial charge in [0.1, 0.15) is 27.5 Å². The Balaban J connectivity index is 2.33. The predicted molar refractivity (Wildman–Crippen MR) is 70.0 cm³/mol. The average Bonchev–Trinajstić information content (AvgIpc) is 2.66. The van der Waals surface area contributed by atoms with Crippen LogP contribution in [0.1, 0.15) is 31.1 Å². The molecule has 21 heavy (non-hydrogen) atoms. The van der Waals surface area contributed by atoms with Crippen molar-refractivity contribution < 1.29 is 26.8 Å². The lowest BCUT2D eigenvalue weighted by Gasteiger charge is -2.21. The summed E-state index contributed by atoms with van der Waals surface area (Å²) in [5.74, 6) is -2.47. The van der Waals surface area contributed by atoms with E-state index >= 15 is 0 Å². The van der Waals surface area contributed by atoms with E-state index in [9.17, 15) is 22.0 Å². The van der Waals surface area contributed by atoms with Crippen LogP contribution in [-0.2, 0) is 4.84 Å². The van der Waals surface area contributed by atoms with Crippen LogP contribution in [0.2, 0.25) is 0 Å². The molecule has 1 heterocycles. The molecule has 0 aromatic heterocycles. The number of thioether (sulfide) groups is 1. The van der Waals surface area contributed by atoms with Gasteiger partial charge in [-0.25, -0.2) is 8.78 Å². The van der Waals surface area contributed by atoms with Gasteiger partial charge < -0.3 is 4.84 Å². The number of halogens is 5. The molecule has 1 aromatic carbocycles. The molecule has 0 aliphatic carbocycles. The number of nitrogens with zero attached hydrogens (tertiary/aromatic N) is 1. The summed E-state index contributed by atoms with van der Waals surface area (Å²) in [6.45, 7) is 3.33. The number of hydrogen-bond donors (Lipinski definition) is 0. The Labute approximate surface area is 122 Å².